The first-order chi connectivity index (χ1) is 11.8. The van der Waals surface area contributed by atoms with Crippen molar-refractivity contribution in [3.63, 3.8) is 0 Å². The third-order valence-corrected chi connectivity index (χ3v) is 4.33. The number of benzene rings is 1. The first-order valence-corrected chi connectivity index (χ1v) is 8.32. The Balaban J connectivity index is 1.60. The number of carbonyl (C=O) groups is 1. The lowest BCUT2D eigenvalue weighted by atomic mass is 10.0. The van der Waals surface area contributed by atoms with E-state index in [9.17, 15) is 4.79 Å². The molecule has 0 unspecified atom stereocenters. The molecule has 0 fully saturated rings. The molecule has 24 heavy (non-hydrogen) atoms. The highest BCUT2D eigenvalue weighted by Crippen LogP contribution is 2.20. The van der Waals surface area contributed by atoms with Gasteiger partial charge in [-0.25, -0.2) is 9.79 Å². The van der Waals surface area contributed by atoms with Gasteiger partial charge in [-0.15, -0.1) is 0 Å². The summed E-state index contributed by atoms with van der Waals surface area (Å²) in [6.45, 7) is 0. The van der Waals surface area contributed by atoms with E-state index in [1.807, 2.05) is 59.3 Å². The number of nitrogens with zero attached hydrogens (tertiary/aromatic N) is 2. The zero-order valence-electron chi connectivity index (χ0n) is 12.5. The number of carbonyl (C=O) groups excluding carboxylic acids is 1. The number of thiophene rings is 1. The molecular weight excluding hydrogens is 320 g/mol. The fourth-order valence-electron chi connectivity index (χ4n) is 2.54. The Morgan fingerprint density at radius 3 is 3.04 bits per heavy atom. The molecule has 4 nitrogen and oxygen atoms in total. The molecule has 5 heteroatoms. The number of rotatable bonds is 3. The molecule has 1 aliphatic carbocycles. The van der Waals surface area contributed by atoms with E-state index in [1.54, 1.807) is 17.4 Å². The van der Waals surface area contributed by atoms with E-state index in [2.05, 4.69) is 10.1 Å². The van der Waals surface area contributed by atoms with Crippen molar-refractivity contribution >= 4 is 34.7 Å². The van der Waals surface area contributed by atoms with Gasteiger partial charge >= 0.3 is 5.97 Å². The summed E-state index contributed by atoms with van der Waals surface area (Å²) < 4.78 is 0. The molecule has 0 radical (unpaired) electrons. The first kappa shape index (κ1) is 14.5. The highest BCUT2D eigenvalue weighted by atomic mass is 32.1. The van der Waals surface area contributed by atoms with Gasteiger partial charge in [0.15, 0.2) is 0 Å². The van der Waals surface area contributed by atoms with Crippen molar-refractivity contribution in [3.8, 4) is 0 Å². The highest BCUT2D eigenvalue weighted by molar-refractivity contribution is 7.08. The Labute approximate surface area is 142 Å². The van der Waals surface area contributed by atoms with E-state index in [0.29, 0.717) is 5.71 Å². The maximum absolute atomic E-state index is 11.8. The zero-order valence-corrected chi connectivity index (χ0v) is 13.4. The van der Waals surface area contributed by atoms with Crippen molar-refractivity contribution in [2.75, 3.05) is 0 Å². The van der Waals surface area contributed by atoms with Crippen LogP contribution < -0.4 is 10.6 Å². The summed E-state index contributed by atoms with van der Waals surface area (Å²) in [5.41, 5.74) is 3.29. The molecule has 2 heterocycles. The molecule has 4 rings (SSSR count). The quantitative estimate of drug-likeness (QED) is 0.493. The molecule has 1 aromatic heterocycles. The van der Waals surface area contributed by atoms with Crippen LogP contribution >= 0.6 is 11.3 Å². The molecule has 116 valence electrons. The second-order valence-corrected chi connectivity index (χ2v) is 5.97. The number of fused-ring (bicyclic) bond motifs is 2. The molecule has 0 amide bonds. The topological polar surface area (TPSA) is 51.0 Å². The first-order valence-electron chi connectivity index (χ1n) is 7.38. The van der Waals surface area contributed by atoms with Crippen LogP contribution in [-0.4, -0.2) is 11.7 Å². The summed E-state index contributed by atoms with van der Waals surface area (Å²) in [6.07, 6.45) is 8.66. The molecular formula is C19H12N2O2S. The number of oxime groups is 1. The number of allylic oxidation sites excluding steroid dienone is 4. The van der Waals surface area contributed by atoms with Crippen LogP contribution in [0.25, 0.3) is 11.6 Å². The van der Waals surface area contributed by atoms with E-state index < -0.39 is 5.97 Å². The van der Waals surface area contributed by atoms with Crippen LogP contribution in [0.1, 0.15) is 5.56 Å². The standard InChI is InChI=1S/C19H12N2O2S/c22-18(9-8-13-10-11-24-12-13)23-21-17-7-3-6-16-19(17)14-4-1-2-5-15(14)20-16/h1-12H. The van der Waals surface area contributed by atoms with Crippen LogP contribution in [0.3, 0.4) is 0 Å². The fourth-order valence-corrected chi connectivity index (χ4v) is 3.17. The van der Waals surface area contributed by atoms with Crippen LogP contribution in [0.4, 0.5) is 0 Å². The van der Waals surface area contributed by atoms with Gasteiger partial charge in [-0.2, -0.15) is 11.3 Å². The molecule has 2 aromatic rings. The van der Waals surface area contributed by atoms with E-state index in [-0.39, 0.29) is 0 Å². The predicted molar refractivity (Wildman–Crippen MR) is 94.7 cm³/mol. The van der Waals surface area contributed by atoms with Gasteiger partial charge in [-0.3, -0.25) is 0 Å². The maximum atomic E-state index is 11.8. The summed E-state index contributed by atoms with van der Waals surface area (Å²) in [6, 6.07) is 9.76. The van der Waals surface area contributed by atoms with Crippen LogP contribution in [-0.2, 0) is 9.63 Å². The Morgan fingerprint density at radius 2 is 2.17 bits per heavy atom. The Hall–Kier alpha value is -3.05. The summed E-state index contributed by atoms with van der Waals surface area (Å²) in [7, 11) is 0. The zero-order chi connectivity index (χ0) is 16.4. The molecule has 0 atom stereocenters. The minimum atomic E-state index is -0.512. The average Bonchev–Trinajstić information content (AvgIpc) is 3.25. The van der Waals surface area contributed by atoms with E-state index >= 15 is 0 Å². The summed E-state index contributed by atoms with van der Waals surface area (Å²) in [5.74, 6) is -0.512. The second-order valence-electron chi connectivity index (χ2n) is 5.19. The van der Waals surface area contributed by atoms with Crippen LogP contribution in [0, 0.1) is 0 Å². The maximum Gasteiger partial charge on any atom is 0.358 e. The predicted octanol–water partition coefficient (Wildman–Crippen LogP) is 2.60. The van der Waals surface area contributed by atoms with Crippen molar-refractivity contribution < 1.29 is 9.63 Å². The summed E-state index contributed by atoms with van der Waals surface area (Å²) in [5, 5.41) is 9.81. The van der Waals surface area contributed by atoms with Crippen LogP contribution in [0.5, 0.6) is 0 Å². The molecule has 2 aliphatic rings. The van der Waals surface area contributed by atoms with Crippen molar-refractivity contribution in [2.24, 2.45) is 10.1 Å². The Bertz CT molecular complexity index is 1040. The lowest BCUT2D eigenvalue weighted by Crippen LogP contribution is -2.24. The Kier molecular flexibility index (Phi) is 3.76. The molecule has 0 spiro atoms. The monoisotopic (exact) mass is 332 g/mol. The highest BCUT2D eigenvalue weighted by Gasteiger charge is 2.19. The van der Waals surface area contributed by atoms with Gasteiger partial charge in [-0.05, 0) is 46.7 Å². The molecule has 0 saturated heterocycles. The van der Waals surface area contributed by atoms with Crippen molar-refractivity contribution in [2.45, 2.75) is 0 Å². The van der Waals surface area contributed by atoms with Crippen LogP contribution in [0.2, 0.25) is 0 Å². The number of hydrogen-bond acceptors (Lipinski definition) is 5. The van der Waals surface area contributed by atoms with Crippen LogP contribution in [0.15, 0.2) is 81.2 Å². The van der Waals surface area contributed by atoms with Gasteiger partial charge in [0.05, 0.1) is 11.1 Å². The average molecular weight is 332 g/mol. The van der Waals surface area contributed by atoms with Gasteiger partial charge in [0.1, 0.15) is 5.71 Å². The number of hydrogen-bond donors (Lipinski definition) is 0. The smallest absolute Gasteiger partial charge is 0.313 e. The molecule has 0 bridgehead atoms. The minimum Gasteiger partial charge on any atom is -0.313 e. The fraction of sp³-hybridized carbons (Fsp3) is 0. The summed E-state index contributed by atoms with van der Waals surface area (Å²) in [4.78, 5) is 21.4. The summed E-state index contributed by atoms with van der Waals surface area (Å²) >= 11 is 1.57. The van der Waals surface area contributed by atoms with Gasteiger partial charge in [0, 0.05) is 16.9 Å². The van der Waals surface area contributed by atoms with Gasteiger partial charge in [0.2, 0.25) is 0 Å². The second kappa shape index (κ2) is 6.22. The SMILES string of the molecule is O=C(C=Cc1ccsc1)ON=C1C=CC=C2N=c3ccccc3=C21. The molecule has 0 saturated carbocycles. The normalized spacial score (nSPS) is 16.8. The Morgan fingerprint density at radius 1 is 1.25 bits per heavy atom. The largest absolute Gasteiger partial charge is 0.358 e. The molecule has 0 N–H and O–H groups in total. The lowest BCUT2D eigenvalue weighted by molar-refractivity contribution is -0.137. The van der Waals surface area contributed by atoms with Gasteiger partial charge in [-0.1, -0.05) is 29.4 Å². The molecule has 1 aliphatic heterocycles. The van der Waals surface area contributed by atoms with Crippen molar-refractivity contribution in [3.05, 3.63) is 87.2 Å². The minimum absolute atomic E-state index is 0.512. The van der Waals surface area contributed by atoms with E-state index in [4.69, 9.17) is 4.84 Å². The van der Waals surface area contributed by atoms with Crippen molar-refractivity contribution in [1.82, 2.24) is 0 Å². The third kappa shape index (κ3) is 2.77. The van der Waals surface area contributed by atoms with E-state index in [0.717, 1.165) is 27.4 Å². The lowest BCUT2D eigenvalue weighted by Gasteiger charge is -2.07. The van der Waals surface area contributed by atoms with Gasteiger partial charge < -0.3 is 4.84 Å². The number of para-hydroxylation sites is 1. The third-order valence-electron chi connectivity index (χ3n) is 3.62. The molecule has 1 aromatic carbocycles. The van der Waals surface area contributed by atoms with Crippen molar-refractivity contribution in [1.29, 1.82) is 0 Å². The van der Waals surface area contributed by atoms with Gasteiger partial charge in [0.25, 0.3) is 0 Å². The van der Waals surface area contributed by atoms with E-state index in [1.165, 1.54) is 6.08 Å².